The maximum atomic E-state index is 11.8. The first-order valence-corrected chi connectivity index (χ1v) is 4.84. The molecule has 0 amide bonds. The second-order valence-electron chi connectivity index (χ2n) is 4.30. The number of para-hydroxylation sites is 1. The van der Waals surface area contributed by atoms with Gasteiger partial charge in [-0.25, -0.2) is 0 Å². The van der Waals surface area contributed by atoms with Crippen LogP contribution in [-0.4, -0.2) is 17.7 Å². The van der Waals surface area contributed by atoms with Gasteiger partial charge in [0.2, 0.25) is 0 Å². The average Bonchev–Trinajstić information content (AvgIpc) is 2.15. The summed E-state index contributed by atoms with van der Waals surface area (Å²) in [4.78, 5) is 22.6. The molecule has 0 fully saturated rings. The van der Waals surface area contributed by atoms with Gasteiger partial charge < -0.3 is 4.74 Å². The maximum Gasteiger partial charge on any atom is 0.170 e. The fourth-order valence-electron chi connectivity index (χ4n) is 1.78. The van der Waals surface area contributed by atoms with Crippen LogP contribution in [0.15, 0.2) is 18.2 Å². The molecule has 1 aliphatic rings. The molecule has 0 saturated carbocycles. The van der Waals surface area contributed by atoms with Crippen LogP contribution in [0.4, 0.5) is 0 Å². The van der Waals surface area contributed by atoms with Gasteiger partial charge in [0.05, 0.1) is 17.5 Å². The summed E-state index contributed by atoms with van der Waals surface area (Å²) in [6.07, 6.45) is 1.07. The highest BCUT2D eigenvalue weighted by Gasteiger charge is 2.33. The van der Waals surface area contributed by atoms with Crippen molar-refractivity contribution in [1.29, 1.82) is 0 Å². The van der Waals surface area contributed by atoms with Gasteiger partial charge >= 0.3 is 0 Å². The third-order valence-corrected chi connectivity index (χ3v) is 2.44. The van der Waals surface area contributed by atoms with Gasteiger partial charge in [0.25, 0.3) is 0 Å². The number of hydrogen-bond donors (Lipinski definition) is 0. The average molecular weight is 204 g/mol. The number of aldehydes is 1. The molecular weight excluding hydrogens is 192 g/mol. The van der Waals surface area contributed by atoms with E-state index in [4.69, 9.17) is 4.74 Å². The smallest absolute Gasteiger partial charge is 0.170 e. The molecule has 78 valence electrons. The van der Waals surface area contributed by atoms with Crippen LogP contribution in [-0.2, 0) is 0 Å². The van der Waals surface area contributed by atoms with Crippen LogP contribution in [0.1, 0.15) is 41.0 Å². The van der Waals surface area contributed by atoms with E-state index >= 15 is 0 Å². The number of carbonyl (C=O) groups is 2. The van der Waals surface area contributed by atoms with E-state index in [0.717, 1.165) is 0 Å². The van der Waals surface area contributed by atoms with Gasteiger partial charge in [-0.05, 0) is 26.0 Å². The highest BCUT2D eigenvalue weighted by molar-refractivity contribution is 6.02. The zero-order chi connectivity index (χ0) is 11.1. The van der Waals surface area contributed by atoms with Gasteiger partial charge in [0, 0.05) is 0 Å². The molecule has 0 atom stereocenters. The van der Waals surface area contributed by atoms with E-state index in [2.05, 4.69) is 0 Å². The topological polar surface area (TPSA) is 43.4 Å². The Morgan fingerprint density at radius 3 is 2.80 bits per heavy atom. The van der Waals surface area contributed by atoms with Gasteiger partial charge in [-0.1, -0.05) is 6.07 Å². The standard InChI is InChI=1S/C12H12O3/c1-12(2)6-10(14)9-5-3-4-8(7-13)11(9)15-12/h3-5,7H,6H2,1-2H3. The minimum atomic E-state index is -0.525. The Bertz CT molecular complexity index is 432. The van der Waals surface area contributed by atoms with E-state index in [9.17, 15) is 9.59 Å². The summed E-state index contributed by atoms with van der Waals surface area (Å²) in [5.41, 5.74) is 0.427. The predicted molar refractivity (Wildman–Crippen MR) is 55.5 cm³/mol. The maximum absolute atomic E-state index is 11.8. The van der Waals surface area contributed by atoms with Crippen LogP contribution in [0, 0.1) is 0 Å². The van der Waals surface area contributed by atoms with Crippen molar-refractivity contribution in [2.45, 2.75) is 25.9 Å². The molecular formula is C12H12O3. The summed E-state index contributed by atoms with van der Waals surface area (Å²) < 4.78 is 5.66. The molecule has 3 heteroatoms. The van der Waals surface area contributed by atoms with Crippen LogP contribution in [0.3, 0.4) is 0 Å². The van der Waals surface area contributed by atoms with Crippen LogP contribution >= 0.6 is 0 Å². The Balaban J connectivity index is 2.60. The monoisotopic (exact) mass is 204 g/mol. The molecule has 0 N–H and O–H groups in total. The Labute approximate surface area is 88.1 Å². The zero-order valence-corrected chi connectivity index (χ0v) is 8.74. The molecule has 15 heavy (non-hydrogen) atoms. The van der Waals surface area contributed by atoms with Crippen molar-refractivity contribution in [3.8, 4) is 5.75 Å². The van der Waals surface area contributed by atoms with E-state index in [1.807, 2.05) is 13.8 Å². The SMILES string of the molecule is CC1(C)CC(=O)c2cccc(C=O)c2O1. The molecule has 2 rings (SSSR count). The molecule has 0 unspecified atom stereocenters. The first kappa shape index (κ1) is 9.90. The van der Waals surface area contributed by atoms with Crippen molar-refractivity contribution in [2.75, 3.05) is 0 Å². The molecule has 3 nitrogen and oxygen atoms in total. The number of Topliss-reactive ketones (excluding diaryl/α,β-unsaturated/α-hetero) is 1. The van der Waals surface area contributed by atoms with Crippen molar-refractivity contribution in [3.63, 3.8) is 0 Å². The zero-order valence-electron chi connectivity index (χ0n) is 8.74. The molecule has 0 aliphatic carbocycles. The highest BCUT2D eigenvalue weighted by Crippen LogP contribution is 2.34. The lowest BCUT2D eigenvalue weighted by molar-refractivity contribution is 0.0615. The minimum Gasteiger partial charge on any atom is -0.486 e. The fourth-order valence-corrected chi connectivity index (χ4v) is 1.78. The number of hydrogen-bond acceptors (Lipinski definition) is 3. The summed E-state index contributed by atoms with van der Waals surface area (Å²) in [6, 6.07) is 5.04. The van der Waals surface area contributed by atoms with Crippen LogP contribution in [0.25, 0.3) is 0 Å². The molecule has 1 aliphatic heterocycles. The molecule has 1 aromatic rings. The summed E-state index contributed by atoms with van der Waals surface area (Å²) in [5, 5.41) is 0. The van der Waals surface area contributed by atoms with Crippen molar-refractivity contribution in [2.24, 2.45) is 0 Å². The minimum absolute atomic E-state index is 0.0324. The number of ketones is 1. The molecule has 1 aromatic carbocycles. The second kappa shape index (κ2) is 3.19. The second-order valence-corrected chi connectivity index (χ2v) is 4.30. The number of ether oxygens (including phenoxy) is 1. The molecule has 0 bridgehead atoms. The number of benzene rings is 1. The number of carbonyl (C=O) groups excluding carboxylic acids is 2. The van der Waals surface area contributed by atoms with Crippen molar-refractivity contribution >= 4 is 12.1 Å². The van der Waals surface area contributed by atoms with Gasteiger partial charge in [-0.2, -0.15) is 0 Å². The third-order valence-electron chi connectivity index (χ3n) is 2.44. The van der Waals surface area contributed by atoms with E-state index < -0.39 is 5.60 Å². The summed E-state index contributed by atoms with van der Waals surface area (Å²) in [6.45, 7) is 3.69. The lowest BCUT2D eigenvalue weighted by atomic mass is 9.92. The summed E-state index contributed by atoms with van der Waals surface area (Å²) >= 11 is 0. The summed E-state index contributed by atoms with van der Waals surface area (Å²) in [7, 11) is 0. The molecule has 0 aromatic heterocycles. The van der Waals surface area contributed by atoms with Crippen LogP contribution in [0.2, 0.25) is 0 Å². The van der Waals surface area contributed by atoms with Crippen LogP contribution in [0.5, 0.6) is 5.75 Å². The fraction of sp³-hybridized carbons (Fsp3) is 0.333. The normalized spacial score (nSPS) is 17.9. The number of rotatable bonds is 1. The van der Waals surface area contributed by atoms with Gasteiger partial charge in [0.15, 0.2) is 12.1 Å². The van der Waals surface area contributed by atoms with Crippen molar-refractivity contribution in [1.82, 2.24) is 0 Å². The third kappa shape index (κ3) is 1.65. The van der Waals surface area contributed by atoms with Gasteiger partial charge in [0.1, 0.15) is 11.4 Å². The predicted octanol–water partition coefficient (Wildman–Crippen LogP) is 2.24. The van der Waals surface area contributed by atoms with E-state index in [1.54, 1.807) is 18.2 Å². The Hall–Kier alpha value is -1.64. The summed E-state index contributed by atoms with van der Waals surface area (Å²) in [5.74, 6) is 0.457. The van der Waals surface area contributed by atoms with E-state index in [0.29, 0.717) is 29.6 Å². The lowest BCUT2D eigenvalue weighted by Gasteiger charge is -2.32. The van der Waals surface area contributed by atoms with Gasteiger partial charge in [-0.15, -0.1) is 0 Å². The molecule has 0 spiro atoms. The Kier molecular flexibility index (Phi) is 2.11. The Morgan fingerprint density at radius 2 is 2.13 bits per heavy atom. The largest absolute Gasteiger partial charge is 0.486 e. The van der Waals surface area contributed by atoms with Gasteiger partial charge in [-0.3, -0.25) is 9.59 Å². The van der Waals surface area contributed by atoms with Crippen LogP contribution < -0.4 is 4.74 Å². The van der Waals surface area contributed by atoms with Crippen molar-refractivity contribution in [3.05, 3.63) is 29.3 Å². The van der Waals surface area contributed by atoms with E-state index in [1.165, 1.54) is 0 Å². The molecule has 0 radical (unpaired) electrons. The molecule has 0 saturated heterocycles. The Morgan fingerprint density at radius 1 is 1.40 bits per heavy atom. The quantitative estimate of drug-likeness (QED) is 0.659. The van der Waals surface area contributed by atoms with E-state index in [-0.39, 0.29) is 5.78 Å². The highest BCUT2D eigenvalue weighted by atomic mass is 16.5. The van der Waals surface area contributed by atoms with Crippen molar-refractivity contribution < 1.29 is 14.3 Å². The molecule has 1 heterocycles. The number of fused-ring (bicyclic) bond motifs is 1. The lowest BCUT2D eigenvalue weighted by Crippen LogP contribution is -2.36. The first-order chi connectivity index (χ1) is 7.03. The first-order valence-electron chi connectivity index (χ1n) is 4.84.